The second kappa shape index (κ2) is 5.94. The van der Waals surface area contributed by atoms with Crippen LogP contribution < -0.4 is 5.32 Å². The number of nitrogens with zero attached hydrogens (tertiary/aromatic N) is 1. The fourth-order valence-electron chi connectivity index (χ4n) is 2.82. The number of likely N-dealkylation sites (tertiary alicyclic amines) is 1. The van der Waals surface area contributed by atoms with E-state index in [4.69, 9.17) is 9.47 Å². The number of rotatable bonds is 3. The van der Waals surface area contributed by atoms with Gasteiger partial charge in [-0.3, -0.25) is 9.59 Å². The first-order chi connectivity index (χ1) is 10.9. The van der Waals surface area contributed by atoms with Crippen LogP contribution in [0, 0.1) is 5.41 Å². The SMILES string of the molecule is CC1(C)OCC2(CO1)CN(C(=O)CNC(=O)c1ccccc1)C2. The lowest BCUT2D eigenvalue weighted by Gasteiger charge is -2.54. The van der Waals surface area contributed by atoms with E-state index in [1.54, 1.807) is 29.2 Å². The van der Waals surface area contributed by atoms with E-state index in [1.807, 2.05) is 19.9 Å². The summed E-state index contributed by atoms with van der Waals surface area (Å²) in [5.41, 5.74) is 0.464. The molecule has 0 unspecified atom stereocenters. The van der Waals surface area contributed by atoms with Gasteiger partial charge < -0.3 is 19.7 Å². The van der Waals surface area contributed by atoms with Crippen molar-refractivity contribution in [3.05, 3.63) is 35.9 Å². The summed E-state index contributed by atoms with van der Waals surface area (Å²) in [4.78, 5) is 25.8. The highest BCUT2D eigenvalue weighted by atomic mass is 16.7. The molecule has 2 saturated heterocycles. The molecule has 2 aliphatic rings. The summed E-state index contributed by atoms with van der Waals surface area (Å²) in [6, 6.07) is 8.87. The third kappa shape index (κ3) is 3.54. The Balaban J connectivity index is 1.44. The van der Waals surface area contributed by atoms with Crippen LogP contribution in [0.4, 0.5) is 0 Å². The minimum Gasteiger partial charge on any atom is -0.350 e. The number of carbonyl (C=O) groups excluding carboxylic acids is 2. The van der Waals surface area contributed by atoms with Crippen molar-refractivity contribution in [2.24, 2.45) is 5.41 Å². The van der Waals surface area contributed by atoms with E-state index < -0.39 is 5.79 Å². The lowest BCUT2D eigenvalue weighted by atomic mass is 9.80. The van der Waals surface area contributed by atoms with E-state index in [2.05, 4.69) is 5.32 Å². The summed E-state index contributed by atoms with van der Waals surface area (Å²) in [6.07, 6.45) is 0. The summed E-state index contributed by atoms with van der Waals surface area (Å²) in [7, 11) is 0. The van der Waals surface area contributed by atoms with Crippen molar-refractivity contribution in [1.29, 1.82) is 0 Å². The molecule has 1 aromatic rings. The molecule has 0 aromatic heterocycles. The Morgan fingerprint density at radius 2 is 1.74 bits per heavy atom. The Hall–Kier alpha value is -1.92. The first kappa shape index (κ1) is 16.0. The molecule has 1 N–H and O–H groups in total. The van der Waals surface area contributed by atoms with Gasteiger partial charge in [-0.1, -0.05) is 18.2 Å². The van der Waals surface area contributed by atoms with Gasteiger partial charge in [0.25, 0.3) is 5.91 Å². The molecule has 6 nitrogen and oxygen atoms in total. The number of nitrogens with one attached hydrogen (secondary N) is 1. The maximum absolute atomic E-state index is 12.1. The molecule has 0 radical (unpaired) electrons. The molecule has 124 valence electrons. The maximum Gasteiger partial charge on any atom is 0.251 e. The zero-order valence-electron chi connectivity index (χ0n) is 13.5. The van der Waals surface area contributed by atoms with Crippen LogP contribution >= 0.6 is 0 Å². The van der Waals surface area contributed by atoms with E-state index in [0.29, 0.717) is 31.9 Å². The molecule has 0 atom stereocenters. The van der Waals surface area contributed by atoms with Gasteiger partial charge in [-0.25, -0.2) is 0 Å². The predicted molar refractivity (Wildman–Crippen MR) is 83.8 cm³/mol. The third-order valence-electron chi connectivity index (χ3n) is 4.29. The molecule has 0 bridgehead atoms. The molecular weight excluding hydrogens is 296 g/mol. The molecule has 2 aliphatic heterocycles. The van der Waals surface area contributed by atoms with Crippen molar-refractivity contribution >= 4 is 11.8 Å². The molecule has 1 spiro atoms. The normalized spacial score (nSPS) is 21.6. The van der Waals surface area contributed by atoms with Crippen molar-refractivity contribution < 1.29 is 19.1 Å². The van der Waals surface area contributed by atoms with E-state index in [0.717, 1.165) is 0 Å². The van der Waals surface area contributed by atoms with Gasteiger partial charge >= 0.3 is 0 Å². The molecule has 1 aromatic carbocycles. The molecular formula is C17H22N2O4. The number of hydrogen-bond acceptors (Lipinski definition) is 4. The summed E-state index contributed by atoms with van der Waals surface area (Å²) in [5, 5.41) is 2.66. The van der Waals surface area contributed by atoms with Crippen LogP contribution in [-0.2, 0) is 14.3 Å². The largest absolute Gasteiger partial charge is 0.350 e. The highest BCUT2D eigenvalue weighted by Gasteiger charge is 2.49. The van der Waals surface area contributed by atoms with Crippen LogP contribution in [-0.4, -0.2) is 55.3 Å². The Labute approximate surface area is 135 Å². The Kier molecular flexibility index (Phi) is 4.12. The fourth-order valence-corrected chi connectivity index (χ4v) is 2.82. The van der Waals surface area contributed by atoms with Crippen molar-refractivity contribution in [2.75, 3.05) is 32.8 Å². The van der Waals surface area contributed by atoms with E-state index in [-0.39, 0.29) is 23.8 Å². The molecule has 23 heavy (non-hydrogen) atoms. The second-order valence-corrected chi connectivity index (χ2v) is 6.78. The van der Waals surface area contributed by atoms with Gasteiger partial charge in [0.15, 0.2) is 5.79 Å². The number of benzene rings is 1. The Morgan fingerprint density at radius 3 is 2.35 bits per heavy atom. The second-order valence-electron chi connectivity index (χ2n) is 6.78. The summed E-state index contributed by atoms with van der Waals surface area (Å²) in [6.45, 7) is 6.21. The van der Waals surface area contributed by atoms with Gasteiger partial charge in [-0.2, -0.15) is 0 Å². The van der Waals surface area contributed by atoms with E-state index >= 15 is 0 Å². The zero-order valence-corrected chi connectivity index (χ0v) is 13.5. The van der Waals surface area contributed by atoms with Gasteiger partial charge in [-0.15, -0.1) is 0 Å². The Morgan fingerprint density at radius 1 is 1.13 bits per heavy atom. The van der Waals surface area contributed by atoms with Crippen LogP contribution in [0.2, 0.25) is 0 Å². The monoisotopic (exact) mass is 318 g/mol. The fraction of sp³-hybridized carbons (Fsp3) is 0.529. The molecule has 2 fully saturated rings. The third-order valence-corrected chi connectivity index (χ3v) is 4.29. The number of carbonyl (C=O) groups is 2. The van der Waals surface area contributed by atoms with Crippen molar-refractivity contribution in [3.8, 4) is 0 Å². The summed E-state index contributed by atoms with van der Waals surface area (Å²) < 4.78 is 11.4. The van der Waals surface area contributed by atoms with Crippen LogP contribution in [0.15, 0.2) is 30.3 Å². The lowest BCUT2D eigenvalue weighted by Crippen LogP contribution is -2.66. The van der Waals surface area contributed by atoms with Crippen LogP contribution in [0.1, 0.15) is 24.2 Å². The van der Waals surface area contributed by atoms with Crippen LogP contribution in [0.3, 0.4) is 0 Å². The average Bonchev–Trinajstić information content (AvgIpc) is 2.51. The van der Waals surface area contributed by atoms with Gasteiger partial charge in [0, 0.05) is 18.7 Å². The standard InChI is InChI=1S/C17H22N2O4/c1-16(2)22-11-17(12-23-16)9-19(10-17)14(20)8-18-15(21)13-6-4-3-5-7-13/h3-7H,8-12H2,1-2H3,(H,18,21). The van der Waals surface area contributed by atoms with Crippen LogP contribution in [0.25, 0.3) is 0 Å². The zero-order chi connectivity index (χ0) is 16.5. The highest BCUT2D eigenvalue weighted by molar-refractivity contribution is 5.96. The average molecular weight is 318 g/mol. The maximum atomic E-state index is 12.1. The number of ether oxygens (including phenoxy) is 2. The van der Waals surface area contributed by atoms with Crippen molar-refractivity contribution in [3.63, 3.8) is 0 Å². The smallest absolute Gasteiger partial charge is 0.251 e. The number of amides is 2. The molecule has 6 heteroatoms. The van der Waals surface area contributed by atoms with Crippen molar-refractivity contribution in [1.82, 2.24) is 10.2 Å². The first-order valence-corrected chi connectivity index (χ1v) is 7.78. The Bertz CT molecular complexity index is 582. The molecule has 0 aliphatic carbocycles. The topological polar surface area (TPSA) is 67.9 Å². The minimum atomic E-state index is -0.542. The van der Waals surface area contributed by atoms with Gasteiger partial charge in [0.05, 0.1) is 25.2 Å². The molecule has 2 heterocycles. The van der Waals surface area contributed by atoms with Crippen molar-refractivity contribution in [2.45, 2.75) is 19.6 Å². The van der Waals surface area contributed by atoms with E-state index in [1.165, 1.54) is 0 Å². The number of hydrogen-bond donors (Lipinski definition) is 1. The highest BCUT2D eigenvalue weighted by Crippen LogP contribution is 2.37. The molecule has 2 amide bonds. The summed E-state index contributed by atoms with van der Waals surface area (Å²) >= 11 is 0. The first-order valence-electron chi connectivity index (χ1n) is 7.78. The minimum absolute atomic E-state index is 0.0109. The molecule has 3 rings (SSSR count). The lowest BCUT2D eigenvalue weighted by molar-refractivity contribution is -0.302. The van der Waals surface area contributed by atoms with Gasteiger partial charge in [-0.05, 0) is 26.0 Å². The summed E-state index contributed by atoms with van der Waals surface area (Å²) in [5.74, 6) is -0.857. The van der Waals surface area contributed by atoms with Gasteiger partial charge in [0.2, 0.25) is 5.91 Å². The van der Waals surface area contributed by atoms with E-state index in [9.17, 15) is 9.59 Å². The quantitative estimate of drug-likeness (QED) is 0.904. The van der Waals surface area contributed by atoms with Crippen LogP contribution in [0.5, 0.6) is 0 Å². The molecule has 0 saturated carbocycles. The van der Waals surface area contributed by atoms with Gasteiger partial charge in [0.1, 0.15) is 0 Å². The predicted octanol–water partition coefficient (Wildman–Crippen LogP) is 1.03.